The molecule has 1 atom stereocenters. The molecule has 4 rings (SSSR count). The fourth-order valence-electron chi connectivity index (χ4n) is 3.99. The van der Waals surface area contributed by atoms with E-state index in [4.69, 9.17) is 9.47 Å². The summed E-state index contributed by atoms with van der Waals surface area (Å²) < 4.78 is 11.5. The summed E-state index contributed by atoms with van der Waals surface area (Å²) >= 11 is 0. The lowest BCUT2D eigenvalue weighted by atomic mass is 9.88. The molecule has 0 amide bonds. The van der Waals surface area contributed by atoms with Gasteiger partial charge in [-0.15, -0.1) is 0 Å². The van der Waals surface area contributed by atoms with Crippen LogP contribution in [0.3, 0.4) is 0 Å². The molecular formula is C26H28O3. The third kappa shape index (κ3) is 4.99. The smallest absolute Gasteiger partial charge is 0.127 e. The molecule has 1 aliphatic carbocycles. The van der Waals surface area contributed by atoms with E-state index in [1.807, 2.05) is 67.6 Å². The highest BCUT2D eigenvalue weighted by Gasteiger charge is 2.45. The molecule has 0 heterocycles. The summed E-state index contributed by atoms with van der Waals surface area (Å²) in [5.41, 5.74) is 2.51. The van der Waals surface area contributed by atoms with Crippen molar-refractivity contribution in [3.63, 3.8) is 0 Å². The van der Waals surface area contributed by atoms with E-state index in [9.17, 15) is 5.11 Å². The predicted molar refractivity (Wildman–Crippen MR) is 116 cm³/mol. The van der Waals surface area contributed by atoms with Crippen LogP contribution in [0.1, 0.15) is 37.3 Å². The molecule has 150 valence electrons. The first-order chi connectivity index (χ1) is 14.2. The van der Waals surface area contributed by atoms with Crippen LogP contribution >= 0.6 is 0 Å². The highest BCUT2D eigenvalue weighted by molar-refractivity contribution is 5.37. The van der Waals surface area contributed by atoms with Crippen molar-refractivity contribution >= 4 is 0 Å². The van der Waals surface area contributed by atoms with E-state index in [2.05, 4.69) is 18.2 Å². The summed E-state index contributed by atoms with van der Waals surface area (Å²) in [5.74, 6) is 2.52. The monoisotopic (exact) mass is 388 g/mol. The third-order valence-corrected chi connectivity index (χ3v) is 5.61. The number of ether oxygens (including phenoxy) is 2. The van der Waals surface area contributed by atoms with Crippen molar-refractivity contribution in [1.82, 2.24) is 0 Å². The molecule has 3 nitrogen and oxygen atoms in total. The molecule has 3 aromatic rings. The van der Waals surface area contributed by atoms with E-state index in [1.54, 1.807) is 0 Å². The van der Waals surface area contributed by atoms with E-state index in [0.717, 1.165) is 42.1 Å². The topological polar surface area (TPSA) is 38.7 Å². The summed E-state index contributed by atoms with van der Waals surface area (Å²) in [4.78, 5) is 0. The summed E-state index contributed by atoms with van der Waals surface area (Å²) in [7, 11) is 0. The first kappa shape index (κ1) is 19.5. The Morgan fingerprint density at radius 3 is 2.28 bits per heavy atom. The summed E-state index contributed by atoms with van der Waals surface area (Å²) in [6.45, 7) is 2.67. The van der Waals surface area contributed by atoms with E-state index in [-0.39, 0.29) is 11.5 Å². The molecule has 29 heavy (non-hydrogen) atoms. The lowest BCUT2D eigenvalue weighted by Crippen LogP contribution is -2.20. The number of aliphatic hydroxyl groups is 1. The molecule has 0 saturated heterocycles. The molecule has 3 heteroatoms. The van der Waals surface area contributed by atoms with Crippen molar-refractivity contribution in [2.75, 3.05) is 6.61 Å². The molecular weight excluding hydrogens is 360 g/mol. The van der Waals surface area contributed by atoms with Crippen LogP contribution in [0.4, 0.5) is 0 Å². The second kappa shape index (κ2) is 8.71. The second-order valence-corrected chi connectivity index (χ2v) is 7.86. The van der Waals surface area contributed by atoms with Gasteiger partial charge >= 0.3 is 0 Å². The third-order valence-electron chi connectivity index (χ3n) is 5.61. The first-order valence-electron chi connectivity index (χ1n) is 10.4. The average molecular weight is 389 g/mol. The van der Waals surface area contributed by atoms with Crippen LogP contribution in [-0.4, -0.2) is 17.8 Å². The minimum absolute atomic E-state index is 0.113. The lowest BCUT2D eigenvalue weighted by molar-refractivity contribution is 0.151. The Kier molecular flexibility index (Phi) is 5.86. The van der Waals surface area contributed by atoms with Crippen molar-refractivity contribution in [3.05, 3.63) is 90.0 Å². The van der Waals surface area contributed by atoms with Crippen molar-refractivity contribution in [3.8, 4) is 17.2 Å². The van der Waals surface area contributed by atoms with Gasteiger partial charge in [-0.3, -0.25) is 0 Å². The zero-order valence-corrected chi connectivity index (χ0v) is 16.9. The SMILES string of the molecule is CCOc1ccc(C2(CC(O)Cc3cccc(Oc4ccccc4)c3)CC2)cc1. The minimum atomic E-state index is -0.379. The van der Waals surface area contributed by atoms with Crippen LogP contribution in [0.15, 0.2) is 78.9 Å². The van der Waals surface area contributed by atoms with E-state index < -0.39 is 0 Å². The van der Waals surface area contributed by atoms with Gasteiger partial charge in [-0.05, 0) is 85.5 Å². The number of rotatable bonds is 9. The van der Waals surface area contributed by atoms with Gasteiger partial charge in [-0.1, -0.05) is 42.5 Å². The van der Waals surface area contributed by atoms with Gasteiger partial charge in [0.05, 0.1) is 12.7 Å². The number of hydrogen-bond donors (Lipinski definition) is 1. The normalized spacial score (nSPS) is 15.5. The van der Waals surface area contributed by atoms with Crippen LogP contribution in [0.25, 0.3) is 0 Å². The Labute approximate surface area is 172 Å². The van der Waals surface area contributed by atoms with Gasteiger partial charge in [0.2, 0.25) is 0 Å². The van der Waals surface area contributed by atoms with Crippen LogP contribution in [0.2, 0.25) is 0 Å². The molecule has 0 radical (unpaired) electrons. The molecule has 1 N–H and O–H groups in total. The largest absolute Gasteiger partial charge is 0.494 e. The predicted octanol–water partition coefficient (Wildman–Crippen LogP) is 5.90. The molecule has 1 aliphatic rings. The maximum atomic E-state index is 10.8. The summed E-state index contributed by atoms with van der Waals surface area (Å²) in [6.07, 6.45) is 3.30. The lowest BCUT2D eigenvalue weighted by Gasteiger charge is -2.20. The Hall–Kier alpha value is -2.78. The molecule has 0 bridgehead atoms. The molecule has 0 spiro atoms. The molecule has 1 saturated carbocycles. The quantitative estimate of drug-likeness (QED) is 0.496. The fourth-order valence-corrected chi connectivity index (χ4v) is 3.99. The summed E-state index contributed by atoms with van der Waals surface area (Å²) in [5, 5.41) is 10.8. The van der Waals surface area contributed by atoms with Gasteiger partial charge in [-0.25, -0.2) is 0 Å². The van der Waals surface area contributed by atoms with Gasteiger partial charge in [-0.2, -0.15) is 0 Å². The Bertz CT molecular complexity index is 914. The zero-order valence-electron chi connectivity index (χ0n) is 16.9. The maximum Gasteiger partial charge on any atom is 0.127 e. The van der Waals surface area contributed by atoms with E-state index in [1.165, 1.54) is 5.56 Å². The fraction of sp³-hybridized carbons (Fsp3) is 0.308. The first-order valence-corrected chi connectivity index (χ1v) is 10.4. The van der Waals surface area contributed by atoms with Crippen molar-refractivity contribution < 1.29 is 14.6 Å². The maximum absolute atomic E-state index is 10.8. The Morgan fingerprint density at radius 1 is 0.862 bits per heavy atom. The Morgan fingerprint density at radius 2 is 1.59 bits per heavy atom. The number of para-hydroxylation sites is 1. The van der Waals surface area contributed by atoms with Gasteiger partial charge in [0.25, 0.3) is 0 Å². The van der Waals surface area contributed by atoms with Crippen molar-refractivity contribution in [2.24, 2.45) is 0 Å². The molecule has 3 aromatic carbocycles. The van der Waals surface area contributed by atoms with Gasteiger partial charge in [0.15, 0.2) is 0 Å². The molecule has 1 unspecified atom stereocenters. The number of benzene rings is 3. The second-order valence-electron chi connectivity index (χ2n) is 7.86. The molecule has 0 aliphatic heterocycles. The molecule has 0 aromatic heterocycles. The zero-order chi connectivity index (χ0) is 20.1. The number of hydrogen-bond acceptors (Lipinski definition) is 3. The van der Waals surface area contributed by atoms with Crippen LogP contribution in [-0.2, 0) is 11.8 Å². The minimum Gasteiger partial charge on any atom is -0.494 e. The van der Waals surface area contributed by atoms with Crippen molar-refractivity contribution in [2.45, 2.75) is 44.1 Å². The summed E-state index contributed by atoms with van der Waals surface area (Å²) in [6, 6.07) is 26.2. The van der Waals surface area contributed by atoms with Crippen LogP contribution in [0, 0.1) is 0 Å². The number of aliphatic hydroxyl groups excluding tert-OH is 1. The van der Waals surface area contributed by atoms with Gasteiger partial charge in [0, 0.05) is 0 Å². The van der Waals surface area contributed by atoms with Crippen LogP contribution in [0.5, 0.6) is 17.2 Å². The van der Waals surface area contributed by atoms with Crippen molar-refractivity contribution in [1.29, 1.82) is 0 Å². The highest BCUT2D eigenvalue weighted by Crippen LogP contribution is 2.52. The average Bonchev–Trinajstić information content (AvgIpc) is 3.50. The molecule has 1 fully saturated rings. The highest BCUT2D eigenvalue weighted by atomic mass is 16.5. The van der Waals surface area contributed by atoms with Gasteiger partial charge in [0.1, 0.15) is 17.2 Å². The van der Waals surface area contributed by atoms with Gasteiger partial charge < -0.3 is 14.6 Å². The van der Waals surface area contributed by atoms with E-state index in [0.29, 0.717) is 13.0 Å². The van der Waals surface area contributed by atoms with E-state index >= 15 is 0 Å². The standard InChI is InChI=1S/C26H28O3/c1-2-28-23-13-11-21(12-14-23)26(15-16-26)19-22(27)17-20-7-6-10-25(18-20)29-24-8-4-3-5-9-24/h3-14,18,22,27H,2,15-17,19H2,1H3. The van der Waals surface area contributed by atoms with Crippen LogP contribution < -0.4 is 9.47 Å². The Balaban J connectivity index is 1.38.